The van der Waals surface area contributed by atoms with Crippen molar-refractivity contribution in [1.82, 2.24) is 10.2 Å². The summed E-state index contributed by atoms with van der Waals surface area (Å²) in [6.07, 6.45) is 2.21. The predicted octanol–water partition coefficient (Wildman–Crippen LogP) is 5.52. The number of amides is 1. The van der Waals surface area contributed by atoms with Gasteiger partial charge in [0.1, 0.15) is 0 Å². The molecule has 1 aliphatic heterocycles. The molecule has 0 unspecified atom stereocenters. The molecule has 4 heteroatoms. The Morgan fingerprint density at radius 1 is 0.718 bits per heavy atom. The fraction of sp³-hybridized carbons (Fsp3) is 0.229. The van der Waals surface area contributed by atoms with Gasteiger partial charge in [-0.25, -0.2) is 0 Å². The van der Waals surface area contributed by atoms with E-state index in [9.17, 15) is 4.79 Å². The average molecular weight is 514 g/mol. The summed E-state index contributed by atoms with van der Waals surface area (Å²) in [7, 11) is 0. The van der Waals surface area contributed by atoms with Crippen LogP contribution in [0.5, 0.6) is 0 Å². The number of fused-ring (bicyclic) bond motifs is 2. The van der Waals surface area contributed by atoms with Crippen molar-refractivity contribution in [2.24, 2.45) is 5.73 Å². The second-order valence-corrected chi connectivity index (χ2v) is 10.8. The molecule has 0 aromatic heterocycles. The molecule has 1 heterocycles. The molecular weight excluding hydrogens is 478 g/mol. The van der Waals surface area contributed by atoms with Crippen molar-refractivity contribution in [3.63, 3.8) is 0 Å². The molecule has 0 bridgehead atoms. The molecule has 0 radical (unpaired) electrons. The summed E-state index contributed by atoms with van der Waals surface area (Å²) in [6.45, 7) is 1.40. The monoisotopic (exact) mass is 513 g/mol. The van der Waals surface area contributed by atoms with Crippen molar-refractivity contribution >= 4 is 27.5 Å². The van der Waals surface area contributed by atoms with Crippen molar-refractivity contribution in [2.75, 3.05) is 13.1 Å². The van der Waals surface area contributed by atoms with E-state index in [1.54, 1.807) is 0 Å². The number of carbonyl (C=O) groups is 1. The van der Waals surface area contributed by atoms with Crippen LogP contribution in [-0.2, 0) is 24.1 Å². The Morgan fingerprint density at radius 3 is 2.00 bits per heavy atom. The van der Waals surface area contributed by atoms with Gasteiger partial charge >= 0.3 is 0 Å². The third kappa shape index (κ3) is 5.88. The maximum atomic E-state index is 14.0. The lowest BCUT2D eigenvalue weighted by atomic mass is 9.95. The van der Waals surface area contributed by atoms with Crippen molar-refractivity contribution < 1.29 is 4.79 Å². The minimum absolute atomic E-state index is 0.0357. The lowest BCUT2D eigenvalue weighted by Crippen LogP contribution is -2.62. The first kappa shape index (κ1) is 25.3. The summed E-state index contributed by atoms with van der Waals surface area (Å²) in [4.78, 5) is 16.0. The fourth-order valence-electron chi connectivity index (χ4n) is 5.91. The number of hydrogen-bond donors (Lipinski definition) is 2. The van der Waals surface area contributed by atoms with Gasteiger partial charge in [0.05, 0.1) is 6.04 Å². The molecule has 39 heavy (non-hydrogen) atoms. The highest BCUT2D eigenvalue weighted by Gasteiger charge is 2.34. The highest BCUT2D eigenvalue weighted by Crippen LogP contribution is 2.22. The van der Waals surface area contributed by atoms with Crippen LogP contribution in [0.25, 0.3) is 21.5 Å². The van der Waals surface area contributed by atoms with Gasteiger partial charge in [-0.1, -0.05) is 115 Å². The molecule has 3 atom stereocenters. The zero-order valence-corrected chi connectivity index (χ0v) is 22.2. The van der Waals surface area contributed by atoms with Crippen LogP contribution in [0.2, 0.25) is 0 Å². The molecule has 5 aromatic carbocycles. The minimum atomic E-state index is -0.583. The van der Waals surface area contributed by atoms with Gasteiger partial charge in [-0.2, -0.15) is 0 Å². The first-order chi connectivity index (χ1) is 19.1. The molecule has 6 rings (SSSR count). The van der Waals surface area contributed by atoms with Crippen LogP contribution in [-0.4, -0.2) is 42.0 Å². The number of benzene rings is 5. The van der Waals surface area contributed by atoms with E-state index in [2.05, 4.69) is 107 Å². The van der Waals surface area contributed by atoms with E-state index in [1.165, 1.54) is 32.7 Å². The van der Waals surface area contributed by atoms with Crippen LogP contribution >= 0.6 is 0 Å². The predicted molar refractivity (Wildman–Crippen MR) is 161 cm³/mol. The molecule has 0 aliphatic carbocycles. The largest absolute Gasteiger partial charge is 0.335 e. The van der Waals surface area contributed by atoms with E-state index >= 15 is 0 Å². The van der Waals surface area contributed by atoms with Gasteiger partial charge in [0.2, 0.25) is 5.91 Å². The van der Waals surface area contributed by atoms with Crippen LogP contribution < -0.4 is 11.1 Å². The quantitative estimate of drug-likeness (QED) is 0.301. The van der Waals surface area contributed by atoms with Crippen LogP contribution in [0, 0.1) is 0 Å². The molecule has 1 fully saturated rings. The molecule has 3 N–H and O–H groups in total. The molecule has 0 saturated carbocycles. The van der Waals surface area contributed by atoms with Crippen molar-refractivity contribution in [2.45, 2.75) is 37.4 Å². The second kappa shape index (κ2) is 11.4. The highest BCUT2D eigenvalue weighted by atomic mass is 16.2. The lowest BCUT2D eigenvalue weighted by molar-refractivity contribution is -0.136. The van der Waals surface area contributed by atoms with Crippen LogP contribution in [0.1, 0.15) is 16.7 Å². The molecule has 196 valence electrons. The highest BCUT2D eigenvalue weighted by molar-refractivity contribution is 5.85. The van der Waals surface area contributed by atoms with E-state index in [0.717, 1.165) is 24.9 Å². The Labute approximate surface area is 230 Å². The average Bonchev–Trinajstić information content (AvgIpc) is 2.98. The molecule has 5 aromatic rings. The summed E-state index contributed by atoms with van der Waals surface area (Å²) >= 11 is 0. The number of nitrogens with zero attached hydrogens (tertiary/aromatic N) is 1. The fourth-order valence-corrected chi connectivity index (χ4v) is 5.91. The molecule has 1 aliphatic rings. The van der Waals surface area contributed by atoms with Gasteiger partial charge < -0.3 is 16.0 Å². The van der Waals surface area contributed by atoms with Crippen molar-refractivity contribution in [3.8, 4) is 0 Å². The topological polar surface area (TPSA) is 58.4 Å². The Bertz CT molecular complexity index is 1580. The number of carbonyl (C=O) groups excluding carboxylic acids is 1. The van der Waals surface area contributed by atoms with Gasteiger partial charge in [-0.05, 0) is 57.5 Å². The summed E-state index contributed by atoms with van der Waals surface area (Å²) in [6, 6.07) is 39.9. The Hall–Kier alpha value is -3.99. The van der Waals surface area contributed by atoms with E-state index in [0.29, 0.717) is 13.0 Å². The molecule has 1 saturated heterocycles. The van der Waals surface area contributed by atoms with Crippen molar-refractivity contribution in [3.05, 3.63) is 132 Å². The standard InChI is InChI=1S/C35H35N3O/c36-34(22-27-15-17-29-11-5-7-13-31(29)19-27)35(39)38-24-32(20-25-8-2-1-3-9-25)37-23-33(38)21-26-14-16-28-10-4-6-12-30(28)18-26/h1-19,32-34,37H,20-24,36H2/t32-,33+,34+/m0/s1. The second-order valence-electron chi connectivity index (χ2n) is 10.8. The van der Waals surface area contributed by atoms with E-state index in [4.69, 9.17) is 5.73 Å². The smallest absolute Gasteiger partial charge is 0.240 e. The number of rotatable bonds is 7. The number of nitrogens with one attached hydrogen (secondary N) is 1. The molecule has 4 nitrogen and oxygen atoms in total. The Morgan fingerprint density at radius 2 is 1.31 bits per heavy atom. The van der Waals surface area contributed by atoms with E-state index in [1.807, 2.05) is 18.2 Å². The van der Waals surface area contributed by atoms with Gasteiger partial charge in [0, 0.05) is 25.2 Å². The SMILES string of the molecule is N[C@H](Cc1ccc2ccccc2c1)C(=O)N1C[C@H](Cc2ccccc2)NC[C@H]1Cc1ccc2ccccc2c1. The zero-order valence-electron chi connectivity index (χ0n) is 22.2. The van der Waals surface area contributed by atoms with Gasteiger partial charge in [-0.3, -0.25) is 4.79 Å². The Balaban J connectivity index is 1.22. The van der Waals surface area contributed by atoms with E-state index in [-0.39, 0.29) is 18.0 Å². The minimum Gasteiger partial charge on any atom is -0.335 e. The van der Waals surface area contributed by atoms with E-state index < -0.39 is 6.04 Å². The first-order valence-electron chi connectivity index (χ1n) is 13.9. The lowest BCUT2D eigenvalue weighted by Gasteiger charge is -2.42. The normalized spacial score (nSPS) is 18.3. The maximum absolute atomic E-state index is 14.0. The summed E-state index contributed by atoms with van der Waals surface area (Å²) in [5.74, 6) is 0.0357. The summed E-state index contributed by atoms with van der Waals surface area (Å²) in [5.41, 5.74) is 10.2. The van der Waals surface area contributed by atoms with Gasteiger partial charge in [-0.15, -0.1) is 0 Å². The maximum Gasteiger partial charge on any atom is 0.240 e. The first-order valence-corrected chi connectivity index (χ1v) is 13.9. The number of nitrogens with two attached hydrogens (primary N) is 1. The third-order valence-corrected chi connectivity index (χ3v) is 7.98. The van der Waals surface area contributed by atoms with Crippen LogP contribution in [0.4, 0.5) is 0 Å². The number of piperazine rings is 1. The number of hydrogen-bond acceptors (Lipinski definition) is 3. The zero-order chi connectivity index (χ0) is 26.6. The molecule has 0 spiro atoms. The Kier molecular flexibility index (Phi) is 7.40. The molecular formula is C35H35N3O. The summed E-state index contributed by atoms with van der Waals surface area (Å²) in [5, 5.41) is 8.57. The molecule has 1 amide bonds. The van der Waals surface area contributed by atoms with Crippen LogP contribution in [0.15, 0.2) is 115 Å². The van der Waals surface area contributed by atoms with Crippen LogP contribution in [0.3, 0.4) is 0 Å². The van der Waals surface area contributed by atoms with Crippen molar-refractivity contribution in [1.29, 1.82) is 0 Å². The van der Waals surface area contributed by atoms with Gasteiger partial charge in [0.25, 0.3) is 0 Å². The summed E-state index contributed by atoms with van der Waals surface area (Å²) < 4.78 is 0. The van der Waals surface area contributed by atoms with Gasteiger partial charge in [0.15, 0.2) is 0 Å². The third-order valence-electron chi connectivity index (χ3n) is 7.98.